The number of carbonyl (C=O) groups excluding carboxylic acids is 2. The van der Waals surface area contributed by atoms with Crippen LogP contribution >= 0.6 is 0 Å². The predicted octanol–water partition coefficient (Wildman–Crippen LogP) is 4.24. The van der Waals surface area contributed by atoms with Gasteiger partial charge in [-0.15, -0.1) is 0 Å². The molecule has 11 heteroatoms. The number of nitrogens with zero attached hydrogens (tertiary/aromatic N) is 3. The highest BCUT2D eigenvalue weighted by Gasteiger charge is 2.44. The first-order valence-corrected chi connectivity index (χ1v) is 14.5. The topological polar surface area (TPSA) is 99.5 Å². The van der Waals surface area contributed by atoms with E-state index >= 15 is 4.39 Å². The lowest BCUT2D eigenvalue weighted by Gasteiger charge is -2.43. The summed E-state index contributed by atoms with van der Waals surface area (Å²) >= 11 is 0. The highest BCUT2D eigenvalue weighted by molar-refractivity contribution is 5.81. The standard InChI is InChI=1S/C32H40F3N5O3/c1-20(41)31(43)40(18-23-15-36-16-27(23)35)29(32(3,4)12-13-37-21(2)42)30-38-28(25-14-24(33)10-11-26(25)34)19-39(30)17-22-8-6-5-7-9-22/h5-11,14,19-20,23,27,29,36,41H,12-13,15-18H2,1-4H3,(H,37,42). The minimum absolute atomic E-state index is 0.00596. The van der Waals surface area contributed by atoms with Crippen molar-refractivity contribution in [3.8, 4) is 11.3 Å². The van der Waals surface area contributed by atoms with Gasteiger partial charge in [-0.05, 0) is 42.5 Å². The monoisotopic (exact) mass is 599 g/mol. The van der Waals surface area contributed by atoms with Gasteiger partial charge in [-0.1, -0.05) is 44.2 Å². The highest BCUT2D eigenvalue weighted by Crippen LogP contribution is 2.43. The molecule has 0 bridgehead atoms. The van der Waals surface area contributed by atoms with Crippen LogP contribution in [0.1, 0.15) is 51.5 Å². The van der Waals surface area contributed by atoms with E-state index in [2.05, 4.69) is 10.6 Å². The van der Waals surface area contributed by atoms with Gasteiger partial charge >= 0.3 is 0 Å². The van der Waals surface area contributed by atoms with Gasteiger partial charge < -0.3 is 25.2 Å². The molecule has 0 radical (unpaired) electrons. The molecule has 3 aromatic rings. The minimum atomic E-state index is -1.39. The molecule has 2 aromatic carbocycles. The quantitative estimate of drug-likeness (QED) is 0.289. The average Bonchev–Trinajstić information content (AvgIpc) is 3.54. The lowest BCUT2D eigenvalue weighted by Crippen LogP contribution is -2.50. The fourth-order valence-electron chi connectivity index (χ4n) is 5.68. The van der Waals surface area contributed by atoms with Gasteiger partial charge in [0.2, 0.25) is 5.91 Å². The zero-order valence-corrected chi connectivity index (χ0v) is 25.0. The summed E-state index contributed by atoms with van der Waals surface area (Å²) in [7, 11) is 0. The highest BCUT2D eigenvalue weighted by atomic mass is 19.1. The summed E-state index contributed by atoms with van der Waals surface area (Å²) in [4.78, 5) is 31.7. The van der Waals surface area contributed by atoms with Crippen molar-refractivity contribution in [1.29, 1.82) is 0 Å². The fraction of sp³-hybridized carbons (Fsp3) is 0.469. The lowest BCUT2D eigenvalue weighted by molar-refractivity contribution is -0.146. The van der Waals surface area contributed by atoms with Crippen LogP contribution in [0.15, 0.2) is 54.7 Å². The lowest BCUT2D eigenvalue weighted by atomic mass is 9.78. The van der Waals surface area contributed by atoms with Crippen LogP contribution in [0.25, 0.3) is 11.3 Å². The van der Waals surface area contributed by atoms with Crippen LogP contribution < -0.4 is 10.6 Å². The number of aliphatic hydroxyl groups excluding tert-OH is 1. The van der Waals surface area contributed by atoms with Crippen molar-refractivity contribution in [3.05, 3.63) is 77.8 Å². The van der Waals surface area contributed by atoms with E-state index in [1.54, 1.807) is 10.8 Å². The predicted molar refractivity (Wildman–Crippen MR) is 158 cm³/mol. The molecule has 4 atom stereocenters. The smallest absolute Gasteiger partial charge is 0.251 e. The molecule has 8 nitrogen and oxygen atoms in total. The second-order valence-corrected chi connectivity index (χ2v) is 11.9. The van der Waals surface area contributed by atoms with Gasteiger partial charge in [-0.25, -0.2) is 18.2 Å². The number of imidazole rings is 1. The molecule has 43 heavy (non-hydrogen) atoms. The van der Waals surface area contributed by atoms with Crippen LogP contribution in [-0.4, -0.2) is 69.8 Å². The maximum atomic E-state index is 15.0. The van der Waals surface area contributed by atoms with Crippen molar-refractivity contribution in [2.24, 2.45) is 11.3 Å². The molecule has 2 heterocycles. The van der Waals surface area contributed by atoms with Gasteiger partial charge in [-0.2, -0.15) is 0 Å². The molecule has 3 N–H and O–H groups in total. The van der Waals surface area contributed by atoms with Gasteiger partial charge in [0.05, 0.1) is 11.7 Å². The second kappa shape index (κ2) is 13.7. The second-order valence-electron chi connectivity index (χ2n) is 11.9. The summed E-state index contributed by atoms with van der Waals surface area (Å²) in [5.74, 6) is -2.27. The zero-order chi connectivity index (χ0) is 31.3. The van der Waals surface area contributed by atoms with Crippen LogP contribution in [-0.2, 0) is 16.1 Å². The number of benzene rings is 2. The first-order chi connectivity index (χ1) is 20.4. The van der Waals surface area contributed by atoms with Gasteiger partial charge in [0.1, 0.15) is 29.7 Å². The number of nitrogens with one attached hydrogen (secondary N) is 2. The zero-order valence-electron chi connectivity index (χ0n) is 25.0. The molecular weight excluding hydrogens is 559 g/mol. The van der Waals surface area contributed by atoms with E-state index in [-0.39, 0.29) is 36.8 Å². The van der Waals surface area contributed by atoms with Crippen LogP contribution in [0, 0.1) is 23.0 Å². The SMILES string of the molecule is CC(=O)NCCC(C)(C)C(c1nc(-c2cc(F)ccc2F)cn1Cc1ccccc1)N(CC1CNCC1F)C(=O)C(C)O. The molecule has 0 spiro atoms. The molecular formula is C32H40F3N5O3. The van der Waals surface area contributed by atoms with Crippen LogP contribution in [0.2, 0.25) is 0 Å². The van der Waals surface area contributed by atoms with E-state index < -0.39 is 47.2 Å². The third kappa shape index (κ3) is 7.83. The third-order valence-electron chi connectivity index (χ3n) is 7.98. The van der Waals surface area contributed by atoms with Crippen LogP contribution in [0.4, 0.5) is 13.2 Å². The van der Waals surface area contributed by atoms with Crippen molar-refractivity contribution < 1.29 is 27.9 Å². The Kier molecular flexibility index (Phi) is 10.3. The van der Waals surface area contributed by atoms with E-state index in [0.717, 1.165) is 23.8 Å². The number of aliphatic hydroxyl groups is 1. The van der Waals surface area contributed by atoms with Crippen molar-refractivity contribution in [2.45, 2.75) is 59.0 Å². The summed E-state index contributed by atoms with van der Waals surface area (Å²) < 4.78 is 46.0. The molecule has 0 saturated carbocycles. The first-order valence-electron chi connectivity index (χ1n) is 14.5. The molecule has 232 valence electrons. The maximum Gasteiger partial charge on any atom is 0.251 e. The average molecular weight is 600 g/mol. The Morgan fingerprint density at radius 1 is 1.19 bits per heavy atom. The maximum absolute atomic E-state index is 15.0. The Morgan fingerprint density at radius 3 is 2.53 bits per heavy atom. The summed E-state index contributed by atoms with van der Waals surface area (Å²) in [6, 6.07) is 11.8. The van der Waals surface area contributed by atoms with Crippen molar-refractivity contribution in [2.75, 3.05) is 26.2 Å². The number of alkyl halides is 1. The molecule has 1 aliphatic heterocycles. The van der Waals surface area contributed by atoms with Crippen molar-refractivity contribution in [3.63, 3.8) is 0 Å². The van der Waals surface area contributed by atoms with Gasteiger partial charge in [-0.3, -0.25) is 9.59 Å². The molecule has 1 saturated heterocycles. The third-order valence-corrected chi connectivity index (χ3v) is 7.98. The van der Waals surface area contributed by atoms with Crippen LogP contribution in [0.3, 0.4) is 0 Å². The summed E-state index contributed by atoms with van der Waals surface area (Å²) in [6.07, 6.45) is -0.575. The molecule has 4 rings (SSSR count). The van der Waals surface area contributed by atoms with E-state index in [1.807, 2.05) is 44.2 Å². The van der Waals surface area contributed by atoms with Crippen LogP contribution in [0.5, 0.6) is 0 Å². The normalized spacial score (nSPS) is 18.3. The van der Waals surface area contributed by atoms with Gasteiger partial charge in [0.15, 0.2) is 0 Å². The van der Waals surface area contributed by atoms with E-state index in [9.17, 15) is 23.5 Å². The number of carbonyl (C=O) groups is 2. The minimum Gasteiger partial charge on any atom is -0.384 e. The number of halogens is 3. The number of rotatable bonds is 12. The first kappa shape index (κ1) is 32.2. The Bertz CT molecular complexity index is 1410. The van der Waals surface area contributed by atoms with E-state index in [4.69, 9.17) is 4.98 Å². The fourth-order valence-corrected chi connectivity index (χ4v) is 5.68. The summed E-state index contributed by atoms with van der Waals surface area (Å²) in [5.41, 5.74) is 0.239. The van der Waals surface area contributed by atoms with Gasteiger partial charge in [0, 0.05) is 57.3 Å². The Hall–Kier alpha value is -3.70. The molecule has 0 aliphatic carbocycles. The summed E-state index contributed by atoms with van der Waals surface area (Å²) in [5, 5.41) is 16.3. The molecule has 1 fully saturated rings. The number of aromatic nitrogens is 2. The largest absolute Gasteiger partial charge is 0.384 e. The molecule has 2 amide bonds. The van der Waals surface area contributed by atoms with E-state index in [0.29, 0.717) is 25.3 Å². The molecule has 1 aromatic heterocycles. The summed E-state index contributed by atoms with van der Waals surface area (Å²) in [6.45, 7) is 7.68. The Balaban J connectivity index is 1.91. The van der Waals surface area contributed by atoms with E-state index in [1.165, 1.54) is 18.7 Å². The Labute approximate surface area is 250 Å². The number of hydrogen-bond donors (Lipinski definition) is 3. The molecule has 1 aliphatic rings. The Morgan fingerprint density at radius 2 is 1.91 bits per heavy atom. The van der Waals surface area contributed by atoms with Gasteiger partial charge in [0.25, 0.3) is 5.91 Å². The molecule has 4 unspecified atom stereocenters. The van der Waals surface area contributed by atoms with Crippen molar-refractivity contribution in [1.82, 2.24) is 25.1 Å². The van der Waals surface area contributed by atoms with Crippen molar-refractivity contribution >= 4 is 11.8 Å². The number of amides is 2. The number of hydrogen-bond acceptors (Lipinski definition) is 5.